The molecule has 2 heterocycles. The number of fused-ring (bicyclic) bond motifs is 3. The Hall–Kier alpha value is -1.84. The van der Waals surface area contributed by atoms with Crippen LogP contribution in [0.15, 0.2) is 18.2 Å². The highest BCUT2D eigenvalue weighted by Gasteiger charge is 2.53. The van der Waals surface area contributed by atoms with Crippen LogP contribution in [0.3, 0.4) is 0 Å². The maximum absolute atomic E-state index is 11.5. The molecule has 0 atom stereocenters. The molecular weight excluding hydrogens is 231 g/mol. The lowest BCUT2D eigenvalue weighted by atomic mass is 10.0. The SMILES string of the molecule is O=C1[O][Al]2[O]C(=O)c3ccc1cc3C(=O)[O]2. The summed E-state index contributed by atoms with van der Waals surface area (Å²) in [7, 11) is 0. The van der Waals surface area contributed by atoms with Crippen molar-refractivity contribution < 1.29 is 25.7 Å². The van der Waals surface area contributed by atoms with Crippen LogP contribution in [0.1, 0.15) is 31.1 Å². The van der Waals surface area contributed by atoms with Gasteiger partial charge in [0.2, 0.25) is 0 Å². The van der Waals surface area contributed by atoms with Gasteiger partial charge in [-0.25, -0.2) is 14.4 Å². The van der Waals surface area contributed by atoms with Crippen molar-refractivity contribution in [2.24, 2.45) is 0 Å². The van der Waals surface area contributed by atoms with E-state index >= 15 is 0 Å². The summed E-state index contributed by atoms with van der Waals surface area (Å²) in [5.74, 6) is -2.03. The predicted molar refractivity (Wildman–Crippen MR) is 48.4 cm³/mol. The Labute approximate surface area is 94.1 Å². The first-order valence-corrected chi connectivity index (χ1v) is 5.83. The number of carbonyl (C=O) groups excluding carboxylic acids is 3. The van der Waals surface area contributed by atoms with Crippen molar-refractivity contribution in [2.75, 3.05) is 0 Å². The van der Waals surface area contributed by atoms with Crippen molar-refractivity contribution in [3.05, 3.63) is 34.9 Å². The van der Waals surface area contributed by atoms with Crippen molar-refractivity contribution >= 4 is 33.1 Å². The molecule has 16 heavy (non-hydrogen) atoms. The van der Waals surface area contributed by atoms with Crippen molar-refractivity contribution in [1.82, 2.24) is 0 Å². The summed E-state index contributed by atoms with van der Waals surface area (Å²) in [5.41, 5.74) is 0.363. The topological polar surface area (TPSA) is 78.9 Å². The molecule has 3 bridgehead atoms. The Bertz CT molecular complexity index is 532. The van der Waals surface area contributed by atoms with Crippen LogP contribution in [-0.2, 0) is 11.4 Å². The average molecular weight is 234 g/mol. The lowest BCUT2D eigenvalue weighted by Gasteiger charge is -2.11. The van der Waals surface area contributed by atoms with Crippen LogP contribution in [0, 0.1) is 0 Å². The third-order valence-corrected chi connectivity index (χ3v) is 3.52. The van der Waals surface area contributed by atoms with E-state index in [1.54, 1.807) is 0 Å². The molecular formula is C9H3AlO6. The third-order valence-electron chi connectivity index (χ3n) is 2.30. The van der Waals surface area contributed by atoms with Gasteiger partial charge in [0, 0.05) is 0 Å². The second kappa shape index (κ2) is 3.08. The van der Waals surface area contributed by atoms with Gasteiger partial charge in [0.15, 0.2) is 0 Å². The van der Waals surface area contributed by atoms with Crippen molar-refractivity contribution in [3.8, 4) is 0 Å². The minimum absolute atomic E-state index is 0.0501. The maximum atomic E-state index is 11.5. The second-order valence-corrected chi connectivity index (χ2v) is 4.55. The predicted octanol–water partition coefficient (Wildman–Crippen LogP) is 0.169. The molecule has 0 radical (unpaired) electrons. The van der Waals surface area contributed by atoms with E-state index in [-0.39, 0.29) is 16.7 Å². The molecule has 0 amide bonds. The van der Waals surface area contributed by atoms with E-state index in [0.29, 0.717) is 0 Å². The first kappa shape index (κ1) is 9.39. The van der Waals surface area contributed by atoms with Gasteiger partial charge in [-0.15, -0.1) is 0 Å². The molecule has 0 fully saturated rings. The summed E-state index contributed by atoms with van der Waals surface area (Å²) < 4.78 is 14.4. The van der Waals surface area contributed by atoms with E-state index in [2.05, 4.69) is 0 Å². The quantitative estimate of drug-likeness (QED) is 0.595. The maximum Gasteiger partial charge on any atom is 1.20 e. The highest BCUT2D eigenvalue weighted by Crippen LogP contribution is 2.23. The molecule has 0 unspecified atom stereocenters. The molecule has 0 spiro atoms. The van der Waals surface area contributed by atoms with Crippen LogP contribution < -0.4 is 0 Å². The summed E-state index contributed by atoms with van der Waals surface area (Å²) in [6, 6.07) is 4.05. The zero-order valence-corrected chi connectivity index (χ0v) is 8.91. The van der Waals surface area contributed by atoms with Crippen LogP contribution in [0.5, 0.6) is 0 Å². The molecule has 0 aliphatic carbocycles. The van der Waals surface area contributed by atoms with Gasteiger partial charge < -0.3 is 11.4 Å². The molecule has 0 saturated carbocycles. The highest BCUT2D eigenvalue weighted by molar-refractivity contribution is 6.47. The van der Waals surface area contributed by atoms with Crippen LogP contribution in [-0.4, -0.2) is 33.1 Å². The molecule has 1 aromatic rings. The molecule has 7 heteroatoms. The average Bonchev–Trinajstić information content (AvgIpc) is 2.30. The molecule has 6 nitrogen and oxygen atoms in total. The standard InChI is InChI=1S/C9H6O6.Al/c10-7(11)4-1-2-5(8(12)13)6(3-4)9(14)15;/h1-3H,(H,10,11)(H,12,13)(H,14,15);/q;+3/p-3. The van der Waals surface area contributed by atoms with E-state index in [1.807, 2.05) is 0 Å². The van der Waals surface area contributed by atoms with Crippen LogP contribution >= 0.6 is 0 Å². The van der Waals surface area contributed by atoms with Gasteiger partial charge in [0.1, 0.15) is 0 Å². The van der Waals surface area contributed by atoms with Gasteiger partial charge >= 0.3 is 33.1 Å². The summed E-state index contributed by atoms with van der Waals surface area (Å²) >= 11 is -3.04. The van der Waals surface area contributed by atoms with E-state index < -0.39 is 33.1 Å². The van der Waals surface area contributed by atoms with E-state index in [1.165, 1.54) is 18.2 Å². The minimum atomic E-state index is -3.04. The monoisotopic (exact) mass is 234 g/mol. The lowest BCUT2D eigenvalue weighted by Crippen LogP contribution is -2.32. The van der Waals surface area contributed by atoms with Crippen LogP contribution in [0.2, 0.25) is 0 Å². The Morgan fingerprint density at radius 3 is 2.19 bits per heavy atom. The fraction of sp³-hybridized carbons (Fsp3) is 0. The van der Waals surface area contributed by atoms with Crippen LogP contribution in [0.25, 0.3) is 0 Å². The van der Waals surface area contributed by atoms with Gasteiger partial charge in [-0.2, -0.15) is 0 Å². The Kier molecular flexibility index (Phi) is 1.81. The second-order valence-electron chi connectivity index (χ2n) is 3.26. The van der Waals surface area contributed by atoms with Gasteiger partial charge in [-0.1, -0.05) is 0 Å². The molecule has 0 saturated heterocycles. The summed E-state index contributed by atoms with van der Waals surface area (Å²) in [6.07, 6.45) is 0. The minimum Gasteiger partial charge on any atom is -0.547 e. The fourth-order valence-corrected chi connectivity index (χ4v) is 2.61. The number of benzene rings is 1. The smallest absolute Gasteiger partial charge is 0.547 e. The fourth-order valence-electron chi connectivity index (χ4n) is 1.55. The van der Waals surface area contributed by atoms with Crippen molar-refractivity contribution in [3.63, 3.8) is 0 Å². The molecule has 0 N–H and O–H groups in total. The lowest BCUT2D eigenvalue weighted by molar-refractivity contribution is 0.0433. The first-order chi connectivity index (χ1) is 7.65. The number of carbonyl (C=O) groups is 3. The summed E-state index contributed by atoms with van der Waals surface area (Å²) in [4.78, 5) is 34.5. The van der Waals surface area contributed by atoms with Gasteiger partial charge in [-0.3, -0.25) is 0 Å². The summed E-state index contributed by atoms with van der Waals surface area (Å²) in [6.45, 7) is 0. The number of rotatable bonds is 0. The highest BCUT2D eigenvalue weighted by atomic mass is 27.3. The Balaban J connectivity index is 2.33. The van der Waals surface area contributed by atoms with Crippen LogP contribution in [0.4, 0.5) is 0 Å². The Morgan fingerprint density at radius 2 is 1.44 bits per heavy atom. The zero-order valence-electron chi connectivity index (χ0n) is 7.76. The summed E-state index contributed by atoms with van der Waals surface area (Å²) in [5, 5.41) is 0. The van der Waals surface area contributed by atoms with Crippen molar-refractivity contribution in [2.45, 2.75) is 0 Å². The third kappa shape index (κ3) is 1.23. The van der Waals surface area contributed by atoms with Crippen molar-refractivity contribution in [1.29, 1.82) is 0 Å². The molecule has 3 rings (SSSR count). The van der Waals surface area contributed by atoms with E-state index in [9.17, 15) is 14.4 Å². The van der Waals surface area contributed by atoms with Gasteiger partial charge in [0.05, 0.1) is 16.7 Å². The van der Waals surface area contributed by atoms with E-state index in [0.717, 1.165) is 0 Å². The molecule has 0 aromatic heterocycles. The molecule has 1 aromatic carbocycles. The zero-order chi connectivity index (χ0) is 11.3. The number of hydrogen-bond donors (Lipinski definition) is 0. The molecule has 78 valence electrons. The first-order valence-electron chi connectivity index (χ1n) is 4.42. The molecule has 2 aliphatic rings. The number of hydrogen-bond acceptors (Lipinski definition) is 6. The largest absolute Gasteiger partial charge is 1.20 e. The normalized spacial score (nSPS) is 17.2. The Morgan fingerprint density at radius 1 is 0.812 bits per heavy atom. The van der Waals surface area contributed by atoms with E-state index in [4.69, 9.17) is 11.4 Å². The van der Waals surface area contributed by atoms with Gasteiger partial charge in [-0.05, 0) is 18.2 Å². The molecule has 2 aliphatic heterocycles. The van der Waals surface area contributed by atoms with Gasteiger partial charge in [0.25, 0.3) is 0 Å².